The fourth-order valence-electron chi connectivity index (χ4n) is 10.6. The lowest BCUT2D eigenvalue weighted by atomic mass is 9.79. The van der Waals surface area contributed by atoms with Gasteiger partial charge in [-0.3, -0.25) is 9.97 Å². The zero-order valence-corrected chi connectivity index (χ0v) is 29.5. The van der Waals surface area contributed by atoms with E-state index < -0.39 is 0 Å². The molecule has 0 aliphatic heterocycles. The maximum atomic E-state index is 5.40. The molecule has 5 aromatic carbocycles. The highest BCUT2D eigenvalue weighted by Crippen LogP contribution is 2.56. The maximum absolute atomic E-state index is 5.40. The Morgan fingerprint density at radius 3 is 1.15 bits per heavy atom. The molecule has 2 heterocycles. The quantitative estimate of drug-likeness (QED) is 0.141. The summed E-state index contributed by atoms with van der Waals surface area (Å²) in [4.78, 5) is 10.8. The molecule has 2 heteroatoms. The van der Waals surface area contributed by atoms with Gasteiger partial charge in [0.2, 0.25) is 0 Å². The zero-order chi connectivity index (χ0) is 33.4. The molecule has 0 N–H and O–H groups in total. The van der Waals surface area contributed by atoms with Crippen LogP contribution in [0, 0.1) is 0 Å². The fourth-order valence-corrected chi connectivity index (χ4v) is 10.6. The summed E-state index contributed by atoms with van der Waals surface area (Å²) in [6, 6.07) is 31.5. The molecule has 238 valence electrons. The Morgan fingerprint density at radius 1 is 0.417 bits per heavy atom. The number of rotatable bonds is 2. The molecule has 0 bridgehead atoms. The van der Waals surface area contributed by atoms with Crippen molar-refractivity contribution in [3.05, 3.63) is 120 Å². The summed E-state index contributed by atoms with van der Waals surface area (Å²) >= 11 is 0. The molecule has 2 aromatic heterocycles. The van der Waals surface area contributed by atoms with Gasteiger partial charge in [-0.05, 0) is 89.8 Å². The maximum Gasteiger partial charge on any atom is 0.0790 e. The first-order chi connectivity index (χ1) is 22.8. The third-order valence-electron chi connectivity index (χ3n) is 11.8. The van der Waals surface area contributed by atoms with E-state index in [-0.39, 0.29) is 21.7 Å². The molecule has 2 aliphatic carbocycles. The second kappa shape index (κ2) is 9.53. The highest BCUT2D eigenvalue weighted by atomic mass is 14.7. The van der Waals surface area contributed by atoms with Crippen molar-refractivity contribution in [2.24, 2.45) is 0 Å². The zero-order valence-electron chi connectivity index (χ0n) is 29.5. The molecule has 9 rings (SSSR count). The van der Waals surface area contributed by atoms with Gasteiger partial charge in [-0.25, -0.2) is 0 Å². The molecule has 0 amide bonds. The van der Waals surface area contributed by atoms with E-state index >= 15 is 0 Å². The van der Waals surface area contributed by atoms with Crippen LogP contribution in [0.15, 0.2) is 97.3 Å². The number of fused-ring (bicyclic) bond motifs is 10. The number of hydrogen-bond donors (Lipinski definition) is 0. The van der Waals surface area contributed by atoms with Gasteiger partial charge >= 0.3 is 0 Å². The Labute approximate surface area is 284 Å². The molecule has 0 fully saturated rings. The molecule has 0 spiro atoms. The highest BCUT2D eigenvalue weighted by Gasteiger charge is 2.45. The number of hydrogen-bond acceptors (Lipinski definition) is 2. The van der Waals surface area contributed by atoms with Gasteiger partial charge in [-0.2, -0.15) is 0 Å². The van der Waals surface area contributed by atoms with Gasteiger partial charge in [-0.1, -0.05) is 140 Å². The van der Waals surface area contributed by atoms with Crippen molar-refractivity contribution in [2.45, 2.75) is 89.9 Å². The molecule has 2 nitrogen and oxygen atoms in total. The first kappa shape index (κ1) is 29.6. The lowest BCUT2D eigenvalue weighted by Crippen LogP contribution is -2.18. The van der Waals surface area contributed by atoms with E-state index in [0.29, 0.717) is 0 Å². The van der Waals surface area contributed by atoms with Crippen LogP contribution in [0.4, 0.5) is 0 Å². The minimum atomic E-state index is 0.0563. The molecular weight excluding hydrogens is 581 g/mol. The van der Waals surface area contributed by atoms with E-state index in [4.69, 9.17) is 9.97 Å². The first-order valence-electron chi connectivity index (χ1n) is 17.6. The van der Waals surface area contributed by atoms with Crippen molar-refractivity contribution >= 4 is 43.4 Å². The normalized spacial score (nSPS) is 18.5. The van der Waals surface area contributed by atoms with Gasteiger partial charge < -0.3 is 0 Å². The van der Waals surface area contributed by atoms with Crippen LogP contribution in [0.3, 0.4) is 0 Å². The van der Waals surface area contributed by atoms with Crippen LogP contribution in [0.2, 0.25) is 0 Å². The van der Waals surface area contributed by atoms with Crippen molar-refractivity contribution in [2.75, 3.05) is 0 Å². The van der Waals surface area contributed by atoms with Gasteiger partial charge in [0.25, 0.3) is 0 Å². The van der Waals surface area contributed by atoms with Crippen molar-refractivity contribution in [1.82, 2.24) is 9.97 Å². The van der Waals surface area contributed by atoms with E-state index in [1.807, 2.05) is 0 Å². The van der Waals surface area contributed by atoms with Gasteiger partial charge in [0.1, 0.15) is 0 Å². The van der Waals surface area contributed by atoms with Gasteiger partial charge in [-0.15, -0.1) is 0 Å². The SMILES string of the molecule is CC1(C)CC(C)(C)c2c1cnc1c2ccc2c(-c3ccccc3)c3c(ccc4c5c(cnc43)C(C)(C)CC5(C)C)c(-c3ccccc3)c21. The van der Waals surface area contributed by atoms with Crippen molar-refractivity contribution in [3.8, 4) is 22.3 Å². The lowest BCUT2D eigenvalue weighted by Gasteiger charge is -2.25. The van der Waals surface area contributed by atoms with Crippen LogP contribution in [0.1, 0.15) is 90.5 Å². The summed E-state index contributed by atoms with van der Waals surface area (Å²) in [5, 5.41) is 7.50. The molecule has 0 unspecified atom stereocenters. The number of aromatic nitrogens is 2. The summed E-state index contributed by atoms with van der Waals surface area (Å²) < 4.78 is 0. The average molecular weight is 625 g/mol. The molecular formula is C46H44N2. The molecule has 7 aromatic rings. The Balaban J connectivity index is 1.55. The van der Waals surface area contributed by atoms with Crippen LogP contribution >= 0.6 is 0 Å². The molecule has 0 saturated heterocycles. The Kier molecular flexibility index (Phi) is 5.87. The van der Waals surface area contributed by atoms with Crippen molar-refractivity contribution in [3.63, 3.8) is 0 Å². The average Bonchev–Trinajstić information content (AvgIpc) is 3.38. The summed E-state index contributed by atoms with van der Waals surface area (Å²) in [6.07, 6.45) is 6.62. The van der Waals surface area contributed by atoms with Crippen molar-refractivity contribution in [1.29, 1.82) is 0 Å². The largest absolute Gasteiger partial charge is 0.255 e. The molecule has 0 radical (unpaired) electrons. The van der Waals surface area contributed by atoms with E-state index in [2.05, 4.69) is 153 Å². The molecule has 0 saturated carbocycles. The standard InChI is InChI=1S/C46H44N2/c1-43(2)25-45(5,6)39-31-21-19-29-36(28-17-13-10-14-18-28)38-30(35(27-15-11-9-12-16-27)37(29)41(31)47-23-33(39)43)20-22-32-40-34(24-48-42(32)38)44(3,4)26-46(40,7)8/h9-24H,25-26H2,1-8H3. The minimum absolute atomic E-state index is 0.0563. The smallest absolute Gasteiger partial charge is 0.0790 e. The molecule has 2 aliphatic rings. The van der Waals surface area contributed by atoms with Gasteiger partial charge in [0.05, 0.1) is 11.0 Å². The minimum Gasteiger partial charge on any atom is -0.255 e. The monoisotopic (exact) mass is 624 g/mol. The summed E-state index contributed by atoms with van der Waals surface area (Å²) in [5.74, 6) is 0. The van der Waals surface area contributed by atoms with E-state index in [1.54, 1.807) is 0 Å². The first-order valence-corrected chi connectivity index (χ1v) is 17.6. The van der Waals surface area contributed by atoms with Crippen LogP contribution in [-0.2, 0) is 21.7 Å². The van der Waals surface area contributed by atoms with E-state index in [9.17, 15) is 0 Å². The molecule has 0 atom stereocenters. The van der Waals surface area contributed by atoms with Gasteiger partial charge in [0.15, 0.2) is 0 Å². The Bertz CT molecular complexity index is 2300. The lowest BCUT2D eigenvalue weighted by molar-refractivity contribution is 0.403. The molecule has 48 heavy (non-hydrogen) atoms. The number of nitrogens with zero attached hydrogens (tertiary/aromatic N) is 2. The number of pyridine rings is 2. The predicted octanol–water partition coefficient (Wildman–Crippen LogP) is 12.3. The summed E-state index contributed by atoms with van der Waals surface area (Å²) in [6.45, 7) is 19.2. The third-order valence-corrected chi connectivity index (χ3v) is 11.8. The third kappa shape index (κ3) is 3.92. The predicted molar refractivity (Wildman–Crippen MR) is 204 cm³/mol. The van der Waals surface area contributed by atoms with Crippen LogP contribution in [0.25, 0.3) is 65.6 Å². The van der Waals surface area contributed by atoms with E-state index in [0.717, 1.165) is 23.9 Å². The summed E-state index contributed by atoms with van der Waals surface area (Å²) in [7, 11) is 0. The second-order valence-electron chi connectivity index (χ2n) is 17.2. The van der Waals surface area contributed by atoms with Gasteiger partial charge in [0, 0.05) is 33.9 Å². The Morgan fingerprint density at radius 2 is 0.771 bits per heavy atom. The number of benzene rings is 5. The fraction of sp³-hybridized carbons (Fsp3) is 0.304. The van der Waals surface area contributed by atoms with Crippen LogP contribution in [0.5, 0.6) is 0 Å². The van der Waals surface area contributed by atoms with Crippen LogP contribution < -0.4 is 0 Å². The van der Waals surface area contributed by atoms with E-state index in [1.165, 1.54) is 76.8 Å². The Hall–Kier alpha value is -4.56. The van der Waals surface area contributed by atoms with Crippen molar-refractivity contribution < 1.29 is 0 Å². The second-order valence-corrected chi connectivity index (χ2v) is 17.2. The topological polar surface area (TPSA) is 25.8 Å². The summed E-state index contributed by atoms with van der Waals surface area (Å²) in [5.41, 5.74) is 13.1. The highest BCUT2D eigenvalue weighted by molar-refractivity contribution is 6.31. The van der Waals surface area contributed by atoms with Crippen LogP contribution in [-0.4, -0.2) is 9.97 Å².